The molecule has 1 aliphatic rings. The fourth-order valence-electron chi connectivity index (χ4n) is 6.63. The Hall–Kier alpha value is -6.46. The minimum absolute atomic E-state index is 0.322. The second-order valence-corrected chi connectivity index (χ2v) is 12.0. The fourth-order valence-corrected chi connectivity index (χ4v) is 6.63. The summed E-state index contributed by atoms with van der Waals surface area (Å²) < 4.78 is 2.17. The zero-order valence-corrected chi connectivity index (χ0v) is 26.9. The van der Waals surface area contributed by atoms with Gasteiger partial charge in [-0.05, 0) is 88.9 Å². The van der Waals surface area contributed by atoms with Gasteiger partial charge in [0, 0.05) is 47.2 Å². The molecule has 1 atom stereocenters. The Labute approximate surface area is 285 Å². The Kier molecular flexibility index (Phi) is 7.92. The number of fused-ring (bicyclic) bond motifs is 3. The summed E-state index contributed by atoms with van der Waals surface area (Å²) in [4.78, 5) is 19.0. The standard InChI is InChI=1S/C44H33N5/c1-3-8-30(4-2)31-12-14-32(15-13-31)33-16-18-34(19-17-33)37-27-39(35-22-25-45-26-23-35)48-40(28-37)36-20-21-43(47-29-36)49-41-10-6-5-9-38(41)44-42(49)11-7-24-46-44/h3-14,16-29,32H,1-2,15H2/b30-8+. The van der Waals surface area contributed by atoms with Gasteiger partial charge < -0.3 is 0 Å². The van der Waals surface area contributed by atoms with Crippen LogP contribution >= 0.6 is 0 Å². The van der Waals surface area contributed by atoms with Crippen LogP contribution < -0.4 is 0 Å². The molecule has 234 valence electrons. The summed E-state index contributed by atoms with van der Waals surface area (Å²) in [5.74, 6) is 1.16. The van der Waals surface area contributed by atoms with Crippen LogP contribution in [0.4, 0.5) is 0 Å². The van der Waals surface area contributed by atoms with Gasteiger partial charge in [0.25, 0.3) is 0 Å². The lowest BCUT2D eigenvalue weighted by Crippen LogP contribution is -2.00. The minimum atomic E-state index is 0.322. The molecule has 0 amide bonds. The van der Waals surface area contributed by atoms with Gasteiger partial charge in [0.2, 0.25) is 0 Å². The third-order valence-electron chi connectivity index (χ3n) is 9.12. The van der Waals surface area contributed by atoms with E-state index >= 15 is 0 Å². The predicted molar refractivity (Wildman–Crippen MR) is 201 cm³/mol. The van der Waals surface area contributed by atoms with Gasteiger partial charge in [-0.3, -0.25) is 14.5 Å². The molecule has 8 rings (SSSR count). The van der Waals surface area contributed by atoms with Crippen LogP contribution in [0, 0.1) is 0 Å². The van der Waals surface area contributed by atoms with Gasteiger partial charge >= 0.3 is 0 Å². The molecule has 0 fully saturated rings. The second-order valence-electron chi connectivity index (χ2n) is 12.0. The van der Waals surface area contributed by atoms with Crippen molar-refractivity contribution in [3.8, 4) is 39.5 Å². The number of allylic oxidation sites excluding steroid dienone is 8. The molecule has 0 saturated heterocycles. The van der Waals surface area contributed by atoms with Gasteiger partial charge in [-0.2, -0.15) is 0 Å². The molecule has 0 aliphatic heterocycles. The van der Waals surface area contributed by atoms with Gasteiger partial charge in [0.1, 0.15) is 5.82 Å². The van der Waals surface area contributed by atoms with Crippen molar-refractivity contribution in [3.05, 3.63) is 188 Å². The lowest BCUT2D eigenvalue weighted by molar-refractivity contribution is 0.847. The summed E-state index contributed by atoms with van der Waals surface area (Å²) in [5.41, 5.74) is 12.5. The Bertz CT molecular complexity index is 2380. The number of benzene rings is 2. The summed E-state index contributed by atoms with van der Waals surface area (Å²) in [7, 11) is 0. The third-order valence-corrected chi connectivity index (χ3v) is 9.12. The fraction of sp³-hybridized carbons (Fsp3) is 0.0455. The van der Waals surface area contributed by atoms with Crippen LogP contribution in [0.1, 0.15) is 17.9 Å². The number of nitrogens with zero attached hydrogens (tertiary/aromatic N) is 5. The van der Waals surface area contributed by atoms with E-state index in [1.165, 1.54) is 11.1 Å². The quantitative estimate of drug-likeness (QED) is 0.157. The van der Waals surface area contributed by atoms with Crippen LogP contribution in [0.15, 0.2) is 183 Å². The van der Waals surface area contributed by atoms with Crippen LogP contribution in [-0.4, -0.2) is 24.5 Å². The van der Waals surface area contributed by atoms with E-state index in [1.54, 1.807) is 18.5 Å². The number of hydrogen-bond donors (Lipinski definition) is 0. The van der Waals surface area contributed by atoms with Crippen molar-refractivity contribution in [2.75, 3.05) is 0 Å². The average molecular weight is 632 g/mol. The maximum absolute atomic E-state index is 5.11. The Morgan fingerprint density at radius 1 is 0.735 bits per heavy atom. The zero-order valence-electron chi connectivity index (χ0n) is 26.9. The van der Waals surface area contributed by atoms with Crippen molar-refractivity contribution in [1.82, 2.24) is 24.5 Å². The summed E-state index contributed by atoms with van der Waals surface area (Å²) in [6.45, 7) is 7.78. The molecule has 5 heteroatoms. The van der Waals surface area contributed by atoms with E-state index in [0.29, 0.717) is 5.92 Å². The van der Waals surface area contributed by atoms with Crippen LogP contribution in [0.2, 0.25) is 0 Å². The first-order valence-corrected chi connectivity index (χ1v) is 16.4. The second kappa shape index (κ2) is 13.0. The summed E-state index contributed by atoms with van der Waals surface area (Å²) in [6.07, 6.45) is 20.7. The smallest absolute Gasteiger partial charge is 0.137 e. The Balaban J connectivity index is 1.13. The van der Waals surface area contributed by atoms with Crippen LogP contribution in [0.5, 0.6) is 0 Å². The van der Waals surface area contributed by atoms with Crippen molar-refractivity contribution in [1.29, 1.82) is 0 Å². The van der Waals surface area contributed by atoms with Gasteiger partial charge in [-0.1, -0.05) is 92.1 Å². The largest absolute Gasteiger partial charge is 0.292 e. The summed E-state index contributed by atoms with van der Waals surface area (Å²) in [5, 5.41) is 1.11. The summed E-state index contributed by atoms with van der Waals surface area (Å²) >= 11 is 0. The van der Waals surface area contributed by atoms with Crippen molar-refractivity contribution in [2.24, 2.45) is 0 Å². The Morgan fingerprint density at radius 2 is 1.51 bits per heavy atom. The average Bonchev–Trinajstić information content (AvgIpc) is 3.52. The van der Waals surface area contributed by atoms with E-state index in [2.05, 4.69) is 119 Å². The van der Waals surface area contributed by atoms with Crippen LogP contribution in [0.3, 0.4) is 0 Å². The molecule has 2 aromatic carbocycles. The van der Waals surface area contributed by atoms with Crippen LogP contribution in [0.25, 0.3) is 61.4 Å². The first-order chi connectivity index (χ1) is 24.2. The van der Waals surface area contributed by atoms with E-state index in [-0.39, 0.29) is 0 Å². The zero-order chi connectivity index (χ0) is 33.2. The van der Waals surface area contributed by atoms with E-state index in [4.69, 9.17) is 9.97 Å². The molecule has 5 heterocycles. The highest BCUT2D eigenvalue weighted by atomic mass is 15.1. The molecular formula is C44H33N5. The molecule has 1 unspecified atom stereocenters. The van der Waals surface area contributed by atoms with E-state index in [0.717, 1.165) is 73.4 Å². The molecule has 0 bridgehead atoms. The highest BCUT2D eigenvalue weighted by Crippen LogP contribution is 2.34. The number of hydrogen-bond acceptors (Lipinski definition) is 4. The topological polar surface area (TPSA) is 56.5 Å². The predicted octanol–water partition coefficient (Wildman–Crippen LogP) is 10.6. The van der Waals surface area contributed by atoms with Gasteiger partial charge in [0.15, 0.2) is 0 Å². The number of rotatable bonds is 8. The molecule has 7 aromatic rings. The van der Waals surface area contributed by atoms with E-state index < -0.39 is 0 Å². The normalized spacial score (nSPS) is 14.6. The maximum Gasteiger partial charge on any atom is 0.137 e. The molecule has 5 nitrogen and oxygen atoms in total. The molecule has 0 saturated carbocycles. The number of aromatic nitrogens is 5. The highest BCUT2D eigenvalue weighted by Gasteiger charge is 2.16. The maximum atomic E-state index is 5.11. The first-order valence-electron chi connectivity index (χ1n) is 16.4. The van der Waals surface area contributed by atoms with E-state index in [9.17, 15) is 0 Å². The highest BCUT2D eigenvalue weighted by molar-refractivity contribution is 6.06. The minimum Gasteiger partial charge on any atom is -0.292 e. The van der Waals surface area contributed by atoms with Crippen molar-refractivity contribution < 1.29 is 0 Å². The third kappa shape index (κ3) is 5.72. The summed E-state index contributed by atoms with van der Waals surface area (Å²) in [6, 6.07) is 33.7. The van der Waals surface area contributed by atoms with Gasteiger partial charge in [0.05, 0.1) is 27.9 Å². The van der Waals surface area contributed by atoms with Crippen molar-refractivity contribution in [2.45, 2.75) is 12.3 Å². The van der Waals surface area contributed by atoms with Gasteiger partial charge in [-0.15, -0.1) is 0 Å². The molecule has 49 heavy (non-hydrogen) atoms. The number of pyridine rings is 4. The van der Waals surface area contributed by atoms with Crippen LogP contribution in [-0.2, 0) is 0 Å². The SMILES string of the molecule is C=C/C=C(\C=C)C1=CCC(c2ccc(-c3cc(-c4ccncc4)nc(-c4ccc(-n5c6ccccc6c6ncccc65)nc4)c3)cc2)C=C1. The molecule has 0 radical (unpaired) electrons. The monoisotopic (exact) mass is 631 g/mol. The first kappa shape index (κ1) is 29.9. The lowest BCUT2D eigenvalue weighted by atomic mass is 9.87. The molecule has 1 aliphatic carbocycles. The van der Waals surface area contributed by atoms with Gasteiger partial charge in [-0.25, -0.2) is 9.97 Å². The van der Waals surface area contributed by atoms with Crippen molar-refractivity contribution >= 4 is 21.9 Å². The number of para-hydroxylation sites is 1. The Morgan fingerprint density at radius 3 is 2.24 bits per heavy atom. The molecule has 0 spiro atoms. The lowest BCUT2D eigenvalue weighted by Gasteiger charge is -2.18. The van der Waals surface area contributed by atoms with E-state index in [1.807, 2.05) is 48.8 Å². The molecule has 5 aromatic heterocycles. The molecule has 0 N–H and O–H groups in total. The van der Waals surface area contributed by atoms with Crippen molar-refractivity contribution in [3.63, 3.8) is 0 Å². The molecular weight excluding hydrogens is 599 g/mol.